The summed E-state index contributed by atoms with van der Waals surface area (Å²) < 4.78 is 22.5. The summed E-state index contributed by atoms with van der Waals surface area (Å²) in [6, 6.07) is -0.990. The molecule has 0 aliphatic carbocycles. The first-order chi connectivity index (χ1) is 4.49. The zero-order valence-corrected chi connectivity index (χ0v) is 5.56. The Bertz CT molecular complexity index is 257. The summed E-state index contributed by atoms with van der Waals surface area (Å²) in [6.07, 6.45) is 0. The summed E-state index contributed by atoms with van der Waals surface area (Å²) >= 11 is 0. The highest BCUT2D eigenvalue weighted by atomic mass is 32.2. The van der Waals surface area contributed by atoms with Gasteiger partial charge in [0.05, 0.1) is 0 Å². The van der Waals surface area contributed by atoms with E-state index < -0.39 is 27.7 Å². The van der Waals surface area contributed by atoms with Crippen molar-refractivity contribution in [1.82, 2.24) is 10.0 Å². The molecular formula is C3H4N2O4S. The Balaban J connectivity index is 2.89. The number of carbonyl (C=O) groups excluding carboxylic acids is 2. The molecule has 0 atom stereocenters. The molecule has 0 radical (unpaired) electrons. The van der Waals surface area contributed by atoms with E-state index in [1.54, 1.807) is 10.0 Å². The third-order valence-corrected chi connectivity index (χ3v) is 1.96. The zero-order valence-electron chi connectivity index (χ0n) is 4.75. The maximum atomic E-state index is 10.5. The summed E-state index contributed by atoms with van der Waals surface area (Å²) in [6.45, 7) is 0. The van der Waals surface area contributed by atoms with Crippen molar-refractivity contribution in [3.63, 3.8) is 0 Å². The van der Waals surface area contributed by atoms with Crippen molar-refractivity contribution in [2.24, 2.45) is 0 Å². The molecule has 6 nitrogen and oxygen atoms in total. The predicted molar refractivity (Wildman–Crippen MR) is 30.5 cm³/mol. The minimum Gasteiger partial charge on any atom is -0.276 e. The minimum atomic E-state index is -3.69. The number of amides is 3. The molecule has 1 aliphatic heterocycles. The molecule has 0 saturated carbocycles. The molecule has 1 heterocycles. The van der Waals surface area contributed by atoms with Crippen LogP contribution in [0.1, 0.15) is 0 Å². The number of hydrogen-bond acceptors (Lipinski definition) is 4. The van der Waals surface area contributed by atoms with Gasteiger partial charge in [-0.2, -0.15) is 0 Å². The number of urea groups is 1. The maximum absolute atomic E-state index is 10.5. The third-order valence-electron chi connectivity index (χ3n) is 0.822. The van der Waals surface area contributed by atoms with E-state index in [2.05, 4.69) is 0 Å². The fourth-order valence-corrected chi connectivity index (χ4v) is 1.36. The molecule has 10 heavy (non-hydrogen) atoms. The van der Waals surface area contributed by atoms with Crippen LogP contribution in [0.4, 0.5) is 4.79 Å². The van der Waals surface area contributed by atoms with E-state index in [0.717, 1.165) is 0 Å². The average Bonchev–Trinajstić information content (AvgIpc) is 1.54. The van der Waals surface area contributed by atoms with Crippen molar-refractivity contribution in [3.8, 4) is 0 Å². The van der Waals surface area contributed by atoms with Gasteiger partial charge in [0.1, 0.15) is 5.75 Å². The van der Waals surface area contributed by atoms with Crippen LogP contribution >= 0.6 is 0 Å². The molecule has 1 aliphatic rings. The lowest BCUT2D eigenvalue weighted by Crippen LogP contribution is -2.52. The first-order valence-corrected chi connectivity index (χ1v) is 3.99. The van der Waals surface area contributed by atoms with Crippen LogP contribution in [0.15, 0.2) is 0 Å². The maximum Gasteiger partial charge on any atom is 0.335 e. The lowest BCUT2D eigenvalue weighted by molar-refractivity contribution is -0.117. The number of rotatable bonds is 0. The molecule has 0 unspecified atom stereocenters. The highest BCUT2D eigenvalue weighted by Gasteiger charge is 2.26. The Morgan fingerprint density at radius 2 is 1.90 bits per heavy atom. The molecule has 2 N–H and O–H groups in total. The molecule has 0 bridgehead atoms. The van der Waals surface area contributed by atoms with Crippen molar-refractivity contribution in [2.45, 2.75) is 0 Å². The normalized spacial score (nSPS) is 23.2. The fraction of sp³-hybridized carbons (Fsp3) is 0.333. The van der Waals surface area contributed by atoms with E-state index in [9.17, 15) is 18.0 Å². The largest absolute Gasteiger partial charge is 0.335 e. The highest BCUT2D eigenvalue weighted by Crippen LogP contribution is 1.89. The zero-order chi connectivity index (χ0) is 7.78. The molecule has 1 fully saturated rings. The average molecular weight is 164 g/mol. The summed E-state index contributed by atoms with van der Waals surface area (Å²) in [4.78, 5) is 20.6. The number of nitrogens with one attached hydrogen (secondary N) is 2. The predicted octanol–water partition coefficient (Wildman–Crippen LogP) is -1.84. The second kappa shape index (κ2) is 1.94. The quantitative estimate of drug-likeness (QED) is 0.439. The third kappa shape index (κ3) is 1.44. The lowest BCUT2D eigenvalue weighted by atomic mass is 10.7. The van der Waals surface area contributed by atoms with E-state index in [0.29, 0.717) is 0 Å². The summed E-state index contributed by atoms with van der Waals surface area (Å²) in [5, 5.41) is 1.77. The standard InChI is InChI=1S/C3H4N2O4S/c6-2-1-10(8,9)5-3(7)4-2/h1H2,(H2,4,5,6,7). The van der Waals surface area contributed by atoms with Gasteiger partial charge in [-0.05, 0) is 0 Å². The van der Waals surface area contributed by atoms with Crippen LogP contribution in [-0.4, -0.2) is 26.1 Å². The van der Waals surface area contributed by atoms with Gasteiger partial charge in [0.25, 0.3) is 0 Å². The molecule has 1 rings (SSSR count). The highest BCUT2D eigenvalue weighted by molar-refractivity contribution is 7.90. The van der Waals surface area contributed by atoms with Gasteiger partial charge < -0.3 is 0 Å². The first kappa shape index (κ1) is 7.00. The molecule has 7 heteroatoms. The van der Waals surface area contributed by atoms with Gasteiger partial charge >= 0.3 is 6.03 Å². The molecule has 3 amide bonds. The monoisotopic (exact) mass is 164 g/mol. The summed E-state index contributed by atoms with van der Waals surface area (Å²) in [5.74, 6) is -1.48. The van der Waals surface area contributed by atoms with Crippen LogP contribution in [-0.2, 0) is 14.8 Å². The van der Waals surface area contributed by atoms with Crippen LogP contribution in [0.25, 0.3) is 0 Å². The Morgan fingerprint density at radius 3 is 2.30 bits per heavy atom. The van der Waals surface area contributed by atoms with Gasteiger partial charge in [0.2, 0.25) is 15.9 Å². The molecule has 0 aromatic rings. The minimum absolute atomic E-state index is 0.682. The van der Waals surface area contributed by atoms with Crippen LogP contribution < -0.4 is 10.0 Å². The summed E-state index contributed by atoms with van der Waals surface area (Å²) in [5.41, 5.74) is 0. The Morgan fingerprint density at radius 1 is 1.30 bits per heavy atom. The summed E-state index contributed by atoms with van der Waals surface area (Å²) in [7, 11) is -3.69. The molecule has 0 spiro atoms. The van der Waals surface area contributed by atoms with E-state index in [-0.39, 0.29) is 0 Å². The lowest BCUT2D eigenvalue weighted by Gasteiger charge is -2.11. The Hall–Kier alpha value is -1.11. The van der Waals surface area contributed by atoms with Gasteiger partial charge in [-0.15, -0.1) is 0 Å². The molecule has 0 aromatic carbocycles. The first-order valence-electron chi connectivity index (χ1n) is 2.34. The van der Waals surface area contributed by atoms with Gasteiger partial charge in [0, 0.05) is 0 Å². The van der Waals surface area contributed by atoms with Crippen molar-refractivity contribution in [2.75, 3.05) is 5.75 Å². The Labute approximate surface area is 56.6 Å². The number of carbonyl (C=O) groups is 2. The molecule has 56 valence electrons. The fourth-order valence-electron chi connectivity index (χ4n) is 0.538. The topological polar surface area (TPSA) is 92.3 Å². The molecule has 1 saturated heterocycles. The SMILES string of the molecule is O=C1CS(=O)(=O)NC(=O)N1. The van der Waals surface area contributed by atoms with Crippen LogP contribution in [0, 0.1) is 0 Å². The van der Waals surface area contributed by atoms with Crippen molar-refractivity contribution in [1.29, 1.82) is 0 Å². The second-order valence-corrected chi connectivity index (χ2v) is 3.46. The van der Waals surface area contributed by atoms with Crippen molar-refractivity contribution < 1.29 is 18.0 Å². The Kier molecular flexibility index (Phi) is 1.36. The van der Waals surface area contributed by atoms with Gasteiger partial charge in [-0.3, -0.25) is 10.1 Å². The smallest absolute Gasteiger partial charge is 0.276 e. The van der Waals surface area contributed by atoms with Gasteiger partial charge in [-0.1, -0.05) is 0 Å². The van der Waals surface area contributed by atoms with Crippen LogP contribution in [0.3, 0.4) is 0 Å². The van der Waals surface area contributed by atoms with Crippen molar-refractivity contribution in [3.05, 3.63) is 0 Å². The van der Waals surface area contributed by atoms with E-state index in [1.807, 2.05) is 0 Å². The van der Waals surface area contributed by atoms with E-state index >= 15 is 0 Å². The van der Waals surface area contributed by atoms with Crippen molar-refractivity contribution >= 4 is 22.0 Å². The van der Waals surface area contributed by atoms with E-state index in [1.165, 1.54) is 0 Å². The van der Waals surface area contributed by atoms with Crippen LogP contribution in [0.2, 0.25) is 0 Å². The van der Waals surface area contributed by atoms with Gasteiger partial charge in [0.15, 0.2) is 0 Å². The second-order valence-electron chi connectivity index (χ2n) is 1.74. The number of hydrogen-bond donors (Lipinski definition) is 2. The number of sulfonamides is 1. The van der Waals surface area contributed by atoms with E-state index in [4.69, 9.17) is 0 Å². The molecular weight excluding hydrogens is 160 g/mol. The van der Waals surface area contributed by atoms with Gasteiger partial charge in [-0.25, -0.2) is 17.9 Å². The molecule has 0 aromatic heterocycles. The van der Waals surface area contributed by atoms with Crippen LogP contribution in [0.5, 0.6) is 0 Å². The number of imide groups is 1.